The molecule has 1 saturated heterocycles. The number of likely N-dealkylation sites (tertiary alicyclic amines) is 1. The van der Waals surface area contributed by atoms with Crippen molar-refractivity contribution < 1.29 is 0 Å². The smallest absolute Gasteiger partial charge is 0.165 e. The maximum atomic E-state index is 5.87. The van der Waals surface area contributed by atoms with Crippen molar-refractivity contribution in [2.24, 2.45) is 0 Å². The minimum Gasteiger partial charge on any atom is -0.300 e. The second-order valence-corrected chi connectivity index (χ2v) is 6.05. The number of nitrogens with zero attached hydrogens (tertiary/aromatic N) is 3. The van der Waals surface area contributed by atoms with Crippen LogP contribution < -0.4 is 0 Å². The van der Waals surface area contributed by atoms with E-state index < -0.39 is 0 Å². The Balaban J connectivity index is 2.13. The fourth-order valence-electron chi connectivity index (χ4n) is 2.28. The molecule has 5 heteroatoms. The van der Waals surface area contributed by atoms with Crippen molar-refractivity contribution in [2.75, 3.05) is 13.1 Å². The monoisotopic (exact) mass is 317 g/mol. The minimum atomic E-state index is 0.435. The zero-order valence-corrected chi connectivity index (χ0v) is 12.5. The molecule has 0 spiro atoms. The summed E-state index contributed by atoms with van der Waals surface area (Å²) in [4.78, 5) is 2.50. The summed E-state index contributed by atoms with van der Waals surface area (Å²) in [6.07, 6.45) is 2.41. The Morgan fingerprint density at radius 3 is 2.88 bits per heavy atom. The van der Waals surface area contributed by atoms with Crippen LogP contribution in [0.15, 0.2) is 10.5 Å². The van der Waals surface area contributed by atoms with Crippen LogP contribution >= 0.6 is 27.5 Å². The maximum absolute atomic E-state index is 5.87. The number of hydrogen-bond donors (Lipinski definition) is 0. The number of piperidine rings is 1. The van der Waals surface area contributed by atoms with Crippen molar-refractivity contribution in [1.82, 2.24) is 15.1 Å². The molecule has 0 aromatic carbocycles. The van der Waals surface area contributed by atoms with Crippen molar-refractivity contribution in [1.29, 1.82) is 0 Å². The summed E-state index contributed by atoms with van der Waals surface area (Å²) >= 11 is 9.28. The Bertz CT molecular complexity index is 397. The van der Waals surface area contributed by atoms with Crippen molar-refractivity contribution in [3.63, 3.8) is 0 Å². The Hall–Kier alpha value is -0.190. The van der Waals surface area contributed by atoms with Gasteiger partial charge in [0.25, 0.3) is 0 Å². The Kier molecular flexibility index (Phi) is 4.39. The molecule has 94 valence electrons. The molecule has 0 amide bonds. The molecule has 1 atom stereocenters. The molecule has 3 nitrogen and oxygen atoms in total. The molecule has 0 saturated carbocycles. The van der Waals surface area contributed by atoms with Gasteiger partial charge >= 0.3 is 0 Å². The topological polar surface area (TPSA) is 29.0 Å². The molecule has 2 rings (SSSR count). The number of rotatable bonds is 2. The summed E-state index contributed by atoms with van der Waals surface area (Å²) < 4.78 is 0.839. The number of halogens is 2. The lowest BCUT2D eigenvalue weighted by Gasteiger charge is -2.35. The first-order valence-corrected chi connectivity index (χ1v) is 7.17. The van der Waals surface area contributed by atoms with E-state index in [1.54, 1.807) is 0 Å². The van der Waals surface area contributed by atoms with Gasteiger partial charge in [0.05, 0.1) is 10.2 Å². The first-order valence-electron chi connectivity index (χ1n) is 6.00. The van der Waals surface area contributed by atoms with Gasteiger partial charge in [-0.3, -0.25) is 0 Å². The third kappa shape index (κ3) is 3.18. The van der Waals surface area contributed by atoms with E-state index in [0.29, 0.717) is 17.1 Å². The highest BCUT2D eigenvalue weighted by molar-refractivity contribution is 9.10. The van der Waals surface area contributed by atoms with Gasteiger partial charge in [-0.2, -0.15) is 5.10 Å². The van der Waals surface area contributed by atoms with Crippen LogP contribution in [0.1, 0.15) is 38.3 Å². The SMILES string of the molecule is CC(C)N1CCCC(c2cc(Br)c(Cl)nn2)C1. The molecular formula is C12H17BrClN3. The van der Waals surface area contributed by atoms with E-state index in [-0.39, 0.29) is 0 Å². The van der Waals surface area contributed by atoms with Gasteiger partial charge in [-0.25, -0.2) is 0 Å². The van der Waals surface area contributed by atoms with Crippen LogP contribution in [0.4, 0.5) is 0 Å². The largest absolute Gasteiger partial charge is 0.300 e. The van der Waals surface area contributed by atoms with Gasteiger partial charge in [0, 0.05) is 18.5 Å². The van der Waals surface area contributed by atoms with E-state index in [1.165, 1.54) is 19.4 Å². The molecule has 1 aromatic heterocycles. The molecular weight excluding hydrogens is 302 g/mol. The van der Waals surface area contributed by atoms with Crippen molar-refractivity contribution in [2.45, 2.75) is 38.6 Å². The van der Waals surface area contributed by atoms with Crippen molar-refractivity contribution in [3.05, 3.63) is 21.4 Å². The first kappa shape index (κ1) is 13.2. The normalized spacial score (nSPS) is 22.1. The predicted molar refractivity (Wildman–Crippen MR) is 73.4 cm³/mol. The second-order valence-electron chi connectivity index (χ2n) is 4.84. The van der Waals surface area contributed by atoms with Gasteiger partial charge in [0.2, 0.25) is 0 Å². The van der Waals surface area contributed by atoms with Crippen LogP contribution in [0, 0.1) is 0 Å². The molecule has 0 N–H and O–H groups in total. The molecule has 1 aliphatic rings. The molecule has 0 aliphatic carbocycles. The predicted octanol–water partition coefficient (Wildman–Crippen LogP) is 3.48. The van der Waals surface area contributed by atoms with Gasteiger partial charge in [-0.15, -0.1) is 5.10 Å². The fraction of sp³-hybridized carbons (Fsp3) is 0.667. The van der Waals surface area contributed by atoms with E-state index in [4.69, 9.17) is 11.6 Å². The highest BCUT2D eigenvalue weighted by Crippen LogP contribution is 2.29. The molecule has 17 heavy (non-hydrogen) atoms. The summed E-state index contributed by atoms with van der Waals surface area (Å²) in [5.74, 6) is 0.479. The van der Waals surface area contributed by atoms with E-state index >= 15 is 0 Å². The summed E-state index contributed by atoms with van der Waals surface area (Å²) in [5.41, 5.74) is 1.05. The third-order valence-electron chi connectivity index (χ3n) is 3.33. The average Bonchev–Trinajstić information content (AvgIpc) is 2.33. The lowest BCUT2D eigenvalue weighted by molar-refractivity contribution is 0.166. The Labute approximate surface area is 116 Å². The van der Waals surface area contributed by atoms with Gasteiger partial charge in [-0.05, 0) is 55.2 Å². The molecule has 0 radical (unpaired) electrons. The van der Waals surface area contributed by atoms with Gasteiger partial charge in [0.15, 0.2) is 5.15 Å². The third-order valence-corrected chi connectivity index (χ3v) is 4.44. The average molecular weight is 319 g/mol. The van der Waals surface area contributed by atoms with Crippen LogP contribution in [0.5, 0.6) is 0 Å². The molecule has 1 aliphatic heterocycles. The van der Waals surface area contributed by atoms with Crippen molar-refractivity contribution >= 4 is 27.5 Å². The Morgan fingerprint density at radius 2 is 2.24 bits per heavy atom. The summed E-state index contributed by atoms with van der Waals surface area (Å²) in [7, 11) is 0. The van der Waals surface area contributed by atoms with Crippen LogP contribution in [0.2, 0.25) is 5.15 Å². The summed E-state index contributed by atoms with van der Waals surface area (Å²) in [6, 6.07) is 2.60. The maximum Gasteiger partial charge on any atom is 0.165 e. The molecule has 1 unspecified atom stereocenters. The zero-order valence-electron chi connectivity index (χ0n) is 10.2. The Morgan fingerprint density at radius 1 is 1.47 bits per heavy atom. The molecule has 2 heterocycles. The lowest BCUT2D eigenvalue weighted by atomic mass is 9.94. The van der Waals surface area contributed by atoms with Crippen LogP contribution in [0.25, 0.3) is 0 Å². The zero-order chi connectivity index (χ0) is 12.4. The quantitative estimate of drug-likeness (QED) is 0.836. The lowest BCUT2D eigenvalue weighted by Crippen LogP contribution is -2.39. The van der Waals surface area contributed by atoms with E-state index in [1.807, 2.05) is 6.07 Å². The van der Waals surface area contributed by atoms with E-state index in [9.17, 15) is 0 Å². The minimum absolute atomic E-state index is 0.435. The second kappa shape index (κ2) is 5.63. The summed E-state index contributed by atoms with van der Waals surface area (Å²) in [6.45, 7) is 6.74. The molecule has 1 fully saturated rings. The summed E-state index contributed by atoms with van der Waals surface area (Å²) in [5, 5.41) is 8.63. The van der Waals surface area contributed by atoms with Gasteiger partial charge in [-0.1, -0.05) is 11.6 Å². The van der Waals surface area contributed by atoms with E-state index in [2.05, 4.69) is 44.9 Å². The van der Waals surface area contributed by atoms with Crippen LogP contribution in [0.3, 0.4) is 0 Å². The fourth-order valence-corrected chi connectivity index (χ4v) is 2.69. The van der Waals surface area contributed by atoms with Gasteiger partial charge in [0.1, 0.15) is 0 Å². The van der Waals surface area contributed by atoms with Crippen molar-refractivity contribution in [3.8, 4) is 0 Å². The van der Waals surface area contributed by atoms with E-state index in [0.717, 1.165) is 16.7 Å². The number of hydrogen-bond acceptors (Lipinski definition) is 3. The molecule has 1 aromatic rings. The highest BCUT2D eigenvalue weighted by atomic mass is 79.9. The van der Waals surface area contributed by atoms with Crippen LogP contribution in [-0.2, 0) is 0 Å². The molecule has 0 bridgehead atoms. The first-order chi connectivity index (χ1) is 8.08. The van der Waals surface area contributed by atoms with Gasteiger partial charge < -0.3 is 4.90 Å². The van der Waals surface area contributed by atoms with Crippen LogP contribution in [-0.4, -0.2) is 34.2 Å². The highest BCUT2D eigenvalue weighted by Gasteiger charge is 2.24. The standard InChI is InChI=1S/C12H17BrClN3/c1-8(2)17-5-3-4-9(7-17)11-6-10(13)12(14)16-15-11/h6,8-9H,3-5,7H2,1-2H3. The number of aromatic nitrogens is 2.